The quantitative estimate of drug-likeness (QED) is 0.874. The Morgan fingerprint density at radius 3 is 2.73 bits per heavy atom. The van der Waals surface area contributed by atoms with Gasteiger partial charge in [0.2, 0.25) is 5.91 Å². The van der Waals surface area contributed by atoms with Crippen molar-refractivity contribution in [1.82, 2.24) is 5.32 Å². The molecule has 0 aliphatic carbocycles. The second-order valence-corrected chi connectivity index (χ2v) is 6.09. The first kappa shape index (κ1) is 18.9. The third-order valence-electron chi connectivity index (χ3n) is 3.92. The molecule has 1 aliphatic heterocycles. The lowest BCUT2D eigenvalue weighted by atomic mass is 9.89. The molecule has 0 bridgehead atoms. The van der Waals surface area contributed by atoms with Crippen LogP contribution in [-0.2, 0) is 9.53 Å². The van der Waals surface area contributed by atoms with Crippen molar-refractivity contribution in [2.45, 2.75) is 45.3 Å². The van der Waals surface area contributed by atoms with Crippen LogP contribution in [0.5, 0.6) is 0 Å². The molecular formula is C17H27ClN2O2. The average Bonchev–Trinajstić information content (AvgIpc) is 2.46. The number of carbonyl (C=O) groups is 1. The van der Waals surface area contributed by atoms with Gasteiger partial charge in [0.25, 0.3) is 0 Å². The monoisotopic (exact) mass is 326 g/mol. The number of hydrogen-bond acceptors (Lipinski definition) is 3. The minimum atomic E-state index is -0.0968. The smallest absolute Gasteiger partial charge is 0.221 e. The van der Waals surface area contributed by atoms with Gasteiger partial charge in [-0.3, -0.25) is 4.79 Å². The predicted molar refractivity (Wildman–Crippen MR) is 91.1 cm³/mol. The van der Waals surface area contributed by atoms with Crippen LogP contribution in [0.1, 0.15) is 43.4 Å². The van der Waals surface area contributed by atoms with Crippen LogP contribution >= 0.6 is 12.4 Å². The van der Waals surface area contributed by atoms with Crippen LogP contribution in [0.3, 0.4) is 0 Å². The normalized spacial score (nSPS) is 22.5. The molecule has 3 unspecified atom stereocenters. The van der Waals surface area contributed by atoms with Crippen molar-refractivity contribution in [2.75, 3.05) is 13.2 Å². The van der Waals surface area contributed by atoms with Crippen molar-refractivity contribution in [3.63, 3.8) is 0 Å². The Labute approximate surface area is 139 Å². The number of nitrogens with two attached hydrogens (primary N) is 1. The molecule has 0 saturated carbocycles. The first-order valence-electron chi connectivity index (χ1n) is 7.76. The minimum absolute atomic E-state index is 0. The van der Waals surface area contributed by atoms with E-state index < -0.39 is 0 Å². The summed E-state index contributed by atoms with van der Waals surface area (Å²) < 4.78 is 5.95. The molecule has 0 aromatic heterocycles. The van der Waals surface area contributed by atoms with Gasteiger partial charge in [0.05, 0.1) is 6.10 Å². The van der Waals surface area contributed by atoms with Crippen LogP contribution in [0.15, 0.2) is 24.3 Å². The van der Waals surface area contributed by atoms with Crippen molar-refractivity contribution >= 4 is 18.3 Å². The number of nitrogens with one attached hydrogen (secondary N) is 1. The standard InChI is InChI=1S/C17H26N2O2.ClH/c1-12-5-7-14(8-6-12)17-15(4-3-9-21-17)11-19-16(20)10-13(2)18;/h5-8,13,15,17H,3-4,9-11,18H2,1-2H3,(H,19,20);1H. The van der Waals surface area contributed by atoms with Crippen molar-refractivity contribution in [1.29, 1.82) is 0 Å². The van der Waals surface area contributed by atoms with Gasteiger partial charge in [0, 0.05) is 31.5 Å². The Bertz CT molecular complexity index is 462. The Hall–Kier alpha value is -1.10. The average molecular weight is 327 g/mol. The van der Waals surface area contributed by atoms with Crippen LogP contribution in [0.2, 0.25) is 0 Å². The van der Waals surface area contributed by atoms with Gasteiger partial charge in [-0.15, -0.1) is 12.4 Å². The van der Waals surface area contributed by atoms with E-state index in [1.165, 1.54) is 11.1 Å². The lowest BCUT2D eigenvalue weighted by Crippen LogP contribution is -2.37. The Balaban J connectivity index is 0.00000242. The van der Waals surface area contributed by atoms with Gasteiger partial charge in [-0.2, -0.15) is 0 Å². The maximum atomic E-state index is 11.8. The summed E-state index contributed by atoms with van der Waals surface area (Å²) in [6.45, 7) is 5.38. The summed E-state index contributed by atoms with van der Waals surface area (Å²) in [6, 6.07) is 8.38. The summed E-state index contributed by atoms with van der Waals surface area (Å²) in [7, 11) is 0. The predicted octanol–water partition coefficient (Wildman–Crippen LogP) is 2.74. The number of halogens is 1. The zero-order valence-corrected chi connectivity index (χ0v) is 14.2. The molecule has 0 spiro atoms. The van der Waals surface area contributed by atoms with E-state index in [2.05, 4.69) is 36.5 Å². The molecule has 0 radical (unpaired) electrons. The van der Waals surface area contributed by atoms with E-state index in [4.69, 9.17) is 10.5 Å². The number of aryl methyl sites for hydroxylation is 1. The van der Waals surface area contributed by atoms with E-state index in [1.807, 2.05) is 6.92 Å². The van der Waals surface area contributed by atoms with Gasteiger partial charge in [-0.05, 0) is 32.3 Å². The molecule has 1 heterocycles. The second kappa shape index (κ2) is 9.13. The molecule has 5 heteroatoms. The van der Waals surface area contributed by atoms with Crippen molar-refractivity contribution in [2.24, 2.45) is 11.7 Å². The van der Waals surface area contributed by atoms with Crippen LogP contribution in [0, 0.1) is 12.8 Å². The number of carbonyl (C=O) groups excluding carboxylic acids is 1. The van der Waals surface area contributed by atoms with E-state index in [1.54, 1.807) is 0 Å². The van der Waals surface area contributed by atoms with E-state index >= 15 is 0 Å². The maximum Gasteiger partial charge on any atom is 0.221 e. The lowest BCUT2D eigenvalue weighted by Gasteiger charge is -2.32. The molecule has 1 aliphatic rings. The summed E-state index contributed by atoms with van der Waals surface area (Å²) in [5.41, 5.74) is 8.10. The highest BCUT2D eigenvalue weighted by Crippen LogP contribution is 2.33. The van der Waals surface area contributed by atoms with E-state index in [9.17, 15) is 4.79 Å². The molecule has 3 N–H and O–H groups in total. The third-order valence-corrected chi connectivity index (χ3v) is 3.92. The zero-order chi connectivity index (χ0) is 15.2. The molecule has 22 heavy (non-hydrogen) atoms. The number of amides is 1. The van der Waals surface area contributed by atoms with E-state index in [-0.39, 0.29) is 30.5 Å². The van der Waals surface area contributed by atoms with Crippen molar-refractivity contribution in [3.05, 3.63) is 35.4 Å². The summed E-state index contributed by atoms with van der Waals surface area (Å²) in [5, 5.41) is 3.00. The highest BCUT2D eigenvalue weighted by Gasteiger charge is 2.27. The fraction of sp³-hybridized carbons (Fsp3) is 0.588. The van der Waals surface area contributed by atoms with Gasteiger partial charge in [-0.25, -0.2) is 0 Å². The Morgan fingerprint density at radius 2 is 2.09 bits per heavy atom. The largest absolute Gasteiger partial charge is 0.373 e. The molecule has 3 atom stereocenters. The van der Waals surface area contributed by atoms with Crippen LogP contribution in [0.25, 0.3) is 0 Å². The first-order valence-corrected chi connectivity index (χ1v) is 7.76. The first-order chi connectivity index (χ1) is 10.1. The maximum absolute atomic E-state index is 11.8. The van der Waals surface area contributed by atoms with Crippen LogP contribution in [-0.4, -0.2) is 25.1 Å². The molecule has 1 aromatic carbocycles. The molecule has 4 nitrogen and oxygen atoms in total. The highest BCUT2D eigenvalue weighted by atomic mass is 35.5. The molecule has 1 amide bonds. The highest BCUT2D eigenvalue weighted by molar-refractivity contribution is 5.85. The summed E-state index contributed by atoms with van der Waals surface area (Å²) in [4.78, 5) is 11.8. The van der Waals surface area contributed by atoms with Gasteiger partial charge < -0.3 is 15.8 Å². The molecule has 2 rings (SSSR count). The SMILES string of the molecule is Cc1ccc(C2OCCCC2CNC(=O)CC(C)N)cc1.Cl. The van der Waals surface area contributed by atoms with Crippen molar-refractivity contribution in [3.8, 4) is 0 Å². The molecular weight excluding hydrogens is 300 g/mol. The minimum Gasteiger partial charge on any atom is -0.373 e. The van der Waals surface area contributed by atoms with Crippen LogP contribution < -0.4 is 11.1 Å². The van der Waals surface area contributed by atoms with Crippen molar-refractivity contribution < 1.29 is 9.53 Å². The number of rotatable bonds is 5. The number of benzene rings is 1. The molecule has 124 valence electrons. The zero-order valence-electron chi connectivity index (χ0n) is 13.4. The Morgan fingerprint density at radius 1 is 1.41 bits per heavy atom. The molecule has 1 aromatic rings. The van der Waals surface area contributed by atoms with Gasteiger partial charge in [0.15, 0.2) is 0 Å². The van der Waals surface area contributed by atoms with E-state index in [0.717, 1.165) is 19.4 Å². The Kier molecular flexibility index (Phi) is 7.87. The van der Waals surface area contributed by atoms with Gasteiger partial charge in [-0.1, -0.05) is 29.8 Å². The fourth-order valence-electron chi connectivity index (χ4n) is 2.79. The lowest BCUT2D eigenvalue weighted by molar-refractivity contribution is -0.122. The fourth-order valence-corrected chi connectivity index (χ4v) is 2.79. The second-order valence-electron chi connectivity index (χ2n) is 6.09. The number of ether oxygens (including phenoxy) is 1. The van der Waals surface area contributed by atoms with Gasteiger partial charge >= 0.3 is 0 Å². The molecule has 1 saturated heterocycles. The van der Waals surface area contributed by atoms with Gasteiger partial charge in [0.1, 0.15) is 0 Å². The topological polar surface area (TPSA) is 64.3 Å². The summed E-state index contributed by atoms with van der Waals surface area (Å²) in [5.74, 6) is 0.358. The number of hydrogen-bond donors (Lipinski definition) is 2. The summed E-state index contributed by atoms with van der Waals surface area (Å²) in [6.07, 6.45) is 2.59. The molecule has 1 fully saturated rings. The van der Waals surface area contributed by atoms with E-state index in [0.29, 0.717) is 18.9 Å². The third kappa shape index (κ3) is 5.59. The summed E-state index contributed by atoms with van der Waals surface area (Å²) >= 11 is 0. The van der Waals surface area contributed by atoms with Crippen LogP contribution in [0.4, 0.5) is 0 Å².